The molecule has 1 aliphatic carbocycles. The first kappa shape index (κ1) is 15.5. The third-order valence-electron chi connectivity index (χ3n) is 3.84. The quantitative estimate of drug-likeness (QED) is 0.487. The second-order valence-electron chi connectivity index (χ2n) is 5.43. The minimum atomic E-state index is -4.01. The number of nitro benzene ring substituents is 1. The van der Waals surface area contributed by atoms with Gasteiger partial charge >= 0.3 is 10.1 Å². The van der Waals surface area contributed by atoms with Crippen molar-refractivity contribution in [3.05, 3.63) is 63.7 Å². The lowest BCUT2D eigenvalue weighted by Gasteiger charge is -2.16. The first-order valence-corrected chi connectivity index (χ1v) is 8.67. The van der Waals surface area contributed by atoms with Gasteiger partial charge in [-0.05, 0) is 55.0 Å². The van der Waals surface area contributed by atoms with Crippen molar-refractivity contribution in [1.29, 1.82) is 0 Å². The number of rotatable bonds is 4. The Morgan fingerprint density at radius 3 is 2.48 bits per heavy atom. The molecule has 0 heterocycles. The molecule has 0 fully saturated rings. The molecule has 7 heteroatoms. The molecule has 1 aliphatic rings. The van der Waals surface area contributed by atoms with Gasteiger partial charge < -0.3 is 4.18 Å². The summed E-state index contributed by atoms with van der Waals surface area (Å²) in [6.45, 7) is 0. The van der Waals surface area contributed by atoms with Crippen molar-refractivity contribution in [2.75, 3.05) is 0 Å². The Balaban J connectivity index is 1.90. The van der Waals surface area contributed by atoms with Gasteiger partial charge in [0, 0.05) is 6.07 Å². The zero-order chi connectivity index (χ0) is 16.4. The lowest BCUT2D eigenvalue weighted by atomic mass is 9.92. The molecule has 2 aromatic carbocycles. The molecular formula is C16H15NO5S. The van der Waals surface area contributed by atoms with Crippen LogP contribution in [0.2, 0.25) is 0 Å². The van der Waals surface area contributed by atoms with E-state index in [-0.39, 0.29) is 16.3 Å². The van der Waals surface area contributed by atoms with Gasteiger partial charge in [-0.2, -0.15) is 8.42 Å². The number of hydrogen-bond acceptors (Lipinski definition) is 5. The van der Waals surface area contributed by atoms with E-state index >= 15 is 0 Å². The molecule has 120 valence electrons. The fourth-order valence-electron chi connectivity index (χ4n) is 2.69. The molecule has 0 N–H and O–H groups in total. The summed E-state index contributed by atoms with van der Waals surface area (Å²) in [6, 6.07) is 10.1. The largest absolute Gasteiger partial charge is 0.379 e. The third kappa shape index (κ3) is 3.34. The lowest BCUT2D eigenvalue weighted by Crippen LogP contribution is -2.12. The minimum Gasteiger partial charge on any atom is -0.379 e. The van der Waals surface area contributed by atoms with Gasteiger partial charge in [-0.1, -0.05) is 12.1 Å². The van der Waals surface area contributed by atoms with Crippen LogP contribution in [0.1, 0.15) is 24.0 Å². The average molecular weight is 333 g/mol. The summed E-state index contributed by atoms with van der Waals surface area (Å²) < 4.78 is 29.8. The fourth-order valence-corrected chi connectivity index (χ4v) is 3.66. The molecule has 0 atom stereocenters. The maximum absolute atomic E-state index is 12.4. The van der Waals surface area contributed by atoms with E-state index in [1.807, 2.05) is 6.07 Å². The molecule has 0 amide bonds. The summed E-state index contributed by atoms with van der Waals surface area (Å²) in [5, 5.41) is 10.7. The van der Waals surface area contributed by atoms with E-state index in [9.17, 15) is 18.5 Å². The summed E-state index contributed by atoms with van der Waals surface area (Å²) in [4.78, 5) is 10.2. The Labute approximate surface area is 134 Å². The Morgan fingerprint density at radius 2 is 1.74 bits per heavy atom. The summed E-state index contributed by atoms with van der Waals surface area (Å²) >= 11 is 0. The van der Waals surface area contributed by atoms with Gasteiger partial charge in [0.15, 0.2) is 0 Å². The van der Waals surface area contributed by atoms with Gasteiger partial charge in [0.1, 0.15) is 10.6 Å². The van der Waals surface area contributed by atoms with E-state index < -0.39 is 15.0 Å². The predicted molar refractivity (Wildman–Crippen MR) is 84.0 cm³/mol. The average Bonchev–Trinajstić information content (AvgIpc) is 2.54. The van der Waals surface area contributed by atoms with Crippen molar-refractivity contribution in [3.63, 3.8) is 0 Å². The van der Waals surface area contributed by atoms with Crippen molar-refractivity contribution in [2.24, 2.45) is 0 Å². The van der Waals surface area contributed by atoms with Gasteiger partial charge in [-0.3, -0.25) is 10.1 Å². The van der Waals surface area contributed by atoms with Crippen LogP contribution in [0.3, 0.4) is 0 Å². The molecule has 0 radical (unpaired) electrons. The maximum Gasteiger partial charge on any atom is 0.339 e. The Kier molecular flexibility index (Phi) is 4.04. The normalized spacial score (nSPS) is 14.1. The van der Waals surface area contributed by atoms with Gasteiger partial charge in [0.25, 0.3) is 5.69 Å². The molecule has 0 spiro atoms. The van der Waals surface area contributed by atoms with Crippen LogP contribution in [-0.2, 0) is 23.0 Å². The Bertz CT molecular complexity index is 861. The van der Waals surface area contributed by atoms with Crippen molar-refractivity contribution >= 4 is 15.8 Å². The molecule has 2 aromatic rings. The standard InChI is InChI=1S/C16H15NO5S/c18-17(19)14-6-3-7-15(11-14)22-23(20,21)16-9-8-12-4-1-2-5-13(12)10-16/h3,6-11H,1-2,4-5H2. The molecule has 0 aliphatic heterocycles. The molecule has 0 bridgehead atoms. The highest BCUT2D eigenvalue weighted by Gasteiger charge is 2.20. The summed E-state index contributed by atoms with van der Waals surface area (Å²) in [5.41, 5.74) is 1.98. The molecule has 0 saturated heterocycles. The monoisotopic (exact) mass is 333 g/mol. The van der Waals surface area contributed by atoms with Crippen LogP contribution in [-0.4, -0.2) is 13.3 Å². The number of benzene rings is 2. The van der Waals surface area contributed by atoms with Crippen LogP contribution >= 0.6 is 0 Å². The van der Waals surface area contributed by atoms with Crippen molar-refractivity contribution in [2.45, 2.75) is 30.6 Å². The Morgan fingerprint density at radius 1 is 1.00 bits per heavy atom. The summed E-state index contributed by atoms with van der Waals surface area (Å²) in [6.07, 6.45) is 3.97. The smallest absolute Gasteiger partial charge is 0.339 e. The molecule has 0 saturated carbocycles. The van der Waals surface area contributed by atoms with Crippen LogP contribution in [0.4, 0.5) is 5.69 Å². The van der Waals surface area contributed by atoms with Crippen LogP contribution in [0.5, 0.6) is 5.75 Å². The van der Waals surface area contributed by atoms with Crippen LogP contribution < -0.4 is 4.18 Å². The molecule has 23 heavy (non-hydrogen) atoms. The number of hydrogen-bond donors (Lipinski definition) is 0. The number of aryl methyl sites for hydroxylation is 2. The predicted octanol–water partition coefficient (Wildman–Crippen LogP) is 3.24. The maximum atomic E-state index is 12.4. The first-order valence-electron chi connectivity index (χ1n) is 7.26. The molecule has 0 aromatic heterocycles. The zero-order valence-electron chi connectivity index (χ0n) is 12.3. The summed E-state index contributed by atoms with van der Waals surface area (Å²) in [7, 11) is -4.01. The van der Waals surface area contributed by atoms with Crippen LogP contribution in [0, 0.1) is 10.1 Å². The van der Waals surface area contributed by atoms with Crippen molar-refractivity contribution in [1.82, 2.24) is 0 Å². The number of non-ortho nitro benzene ring substituents is 1. The van der Waals surface area contributed by atoms with Gasteiger partial charge in [0.2, 0.25) is 0 Å². The minimum absolute atomic E-state index is 0.0723. The van der Waals surface area contributed by atoms with Crippen LogP contribution in [0.15, 0.2) is 47.4 Å². The second kappa shape index (κ2) is 6.00. The number of fused-ring (bicyclic) bond motifs is 1. The van der Waals surface area contributed by atoms with E-state index in [4.69, 9.17) is 4.18 Å². The topological polar surface area (TPSA) is 86.5 Å². The summed E-state index contributed by atoms with van der Waals surface area (Å²) in [5.74, 6) is -0.0723. The molecular weight excluding hydrogens is 318 g/mol. The Hall–Kier alpha value is -2.41. The number of nitro groups is 1. The second-order valence-corrected chi connectivity index (χ2v) is 6.98. The fraction of sp³-hybridized carbons (Fsp3) is 0.250. The SMILES string of the molecule is O=[N+]([O-])c1cccc(OS(=O)(=O)c2ccc3c(c2)CCCC3)c1. The van der Waals surface area contributed by atoms with Gasteiger partial charge in [-0.25, -0.2) is 0 Å². The molecule has 0 unspecified atom stereocenters. The molecule has 3 rings (SSSR count). The van der Waals surface area contributed by atoms with Gasteiger partial charge in [0.05, 0.1) is 11.0 Å². The van der Waals surface area contributed by atoms with E-state index in [2.05, 4.69) is 0 Å². The van der Waals surface area contributed by atoms with E-state index in [0.717, 1.165) is 37.3 Å². The zero-order valence-corrected chi connectivity index (χ0v) is 13.1. The van der Waals surface area contributed by atoms with Crippen molar-refractivity contribution in [3.8, 4) is 5.75 Å². The lowest BCUT2D eigenvalue weighted by molar-refractivity contribution is -0.384. The first-order chi connectivity index (χ1) is 11.0. The van der Waals surface area contributed by atoms with E-state index in [1.165, 1.54) is 29.8 Å². The third-order valence-corrected chi connectivity index (χ3v) is 5.09. The highest BCUT2D eigenvalue weighted by atomic mass is 32.2. The van der Waals surface area contributed by atoms with E-state index in [1.54, 1.807) is 6.07 Å². The highest BCUT2D eigenvalue weighted by Crippen LogP contribution is 2.27. The number of nitrogens with zero attached hydrogens (tertiary/aromatic N) is 1. The van der Waals surface area contributed by atoms with Crippen molar-refractivity contribution < 1.29 is 17.5 Å². The van der Waals surface area contributed by atoms with Crippen LogP contribution in [0.25, 0.3) is 0 Å². The van der Waals surface area contributed by atoms with E-state index in [0.29, 0.717) is 0 Å². The van der Waals surface area contributed by atoms with Gasteiger partial charge in [-0.15, -0.1) is 0 Å². The highest BCUT2D eigenvalue weighted by molar-refractivity contribution is 7.87. The molecule has 6 nitrogen and oxygen atoms in total.